The van der Waals surface area contributed by atoms with Gasteiger partial charge in [0.25, 0.3) is 0 Å². The summed E-state index contributed by atoms with van der Waals surface area (Å²) in [5, 5.41) is 33.9. The maximum atomic E-state index is 14.2. The monoisotopic (exact) mass is 1900 g/mol. The van der Waals surface area contributed by atoms with E-state index in [-0.39, 0.29) is 47.1 Å². The van der Waals surface area contributed by atoms with Gasteiger partial charge in [0.1, 0.15) is 5.82 Å². The van der Waals surface area contributed by atoms with Crippen LogP contribution in [0, 0.1) is 29.2 Å². The van der Waals surface area contributed by atoms with E-state index in [0.29, 0.717) is 140 Å². The number of hydrogen-bond acceptors (Lipinski definition) is 40. The van der Waals surface area contributed by atoms with Gasteiger partial charge in [0.2, 0.25) is 23.8 Å². The molecule has 2 aromatic carbocycles. The first-order chi connectivity index (χ1) is 68.4. The molecule has 0 radical (unpaired) electrons. The highest BCUT2D eigenvalue weighted by atomic mass is 19.1. The molecule has 9 saturated heterocycles. The van der Waals surface area contributed by atoms with Gasteiger partial charge in [0, 0.05) is 172 Å². The van der Waals surface area contributed by atoms with E-state index in [1.165, 1.54) is 30.6 Å². The van der Waals surface area contributed by atoms with Gasteiger partial charge >= 0.3 is 0 Å². The molecule has 44 heteroatoms. The number of hydrogen-bond donors (Lipinski definition) is 9. The number of pyridine rings is 4. The van der Waals surface area contributed by atoms with Crippen molar-refractivity contribution in [2.75, 3.05) is 275 Å². The van der Waals surface area contributed by atoms with Gasteiger partial charge in [-0.15, -0.1) is 0 Å². The van der Waals surface area contributed by atoms with Crippen LogP contribution in [0.4, 0.5) is 110 Å². The summed E-state index contributed by atoms with van der Waals surface area (Å²) in [6.07, 6.45) is 27.8. The van der Waals surface area contributed by atoms with E-state index in [4.69, 9.17) is 18.9 Å². The number of nitrogens with zero attached hydrogens (tertiary/aromatic N) is 27. The molecule has 0 amide bonds. The summed E-state index contributed by atoms with van der Waals surface area (Å²) in [7, 11) is 2.16. The van der Waals surface area contributed by atoms with E-state index in [0.717, 1.165) is 175 Å². The van der Waals surface area contributed by atoms with Crippen molar-refractivity contribution in [2.24, 2.45) is 26.3 Å². The molecular weight excluding hydrogens is 1790 g/mol. The number of benzene rings is 2. The number of nitrogens with one attached hydrogen (secondary N) is 9. The average molecular weight is 1900 g/mol. The van der Waals surface area contributed by atoms with Crippen molar-refractivity contribution in [2.45, 2.75) is 44.2 Å². The second-order valence-corrected chi connectivity index (χ2v) is 34.0. The molecule has 0 bridgehead atoms. The topological polar surface area (TPSA) is 404 Å². The van der Waals surface area contributed by atoms with E-state index in [1.54, 1.807) is 49.6 Å². The zero-order chi connectivity index (χ0) is 95.0. The lowest BCUT2D eigenvalue weighted by atomic mass is 9.92. The fourth-order valence-corrected chi connectivity index (χ4v) is 16.9. The molecule has 0 atom stereocenters. The summed E-state index contributed by atoms with van der Waals surface area (Å²) in [6, 6.07) is 34.3. The second-order valence-electron chi connectivity index (χ2n) is 34.0. The Morgan fingerprint density at radius 2 is 0.647 bits per heavy atom. The number of piperidine rings is 2. The predicted molar refractivity (Wildman–Crippen MR) is 532 cm³/mol. The molecule has 0 unspecified atom stereocenters. The van der Waals surface area contributed by atoms with E-state index < -0.39 is 23.3 Å². The number of hydrazone groups is 4. The Kier molecular flexibility index (Phi) is 34.4. The molecule has 9 aliphatic heterocycles. The van der Waals surface area contributed by atoms with Gasteiger partial charge in [-0.1, -0.05) is 0 Å². The van der Waals surface area contributed by atoms with Crippen molar-refractivity contribution < 1.29 is 36.5 Å². The molecule has 139 heavy (non-hydrogen) atoms. The normalized spacial score (nSPS) is 17.8. The van der Waals surface area contributed by atoms with Crippen LogP contribution in [0.3, 0.4) is 0 Å². The van der Waals surface area contributed by atoms with Crippen LogP contribution in [-0.4, -0.2) is 310 Å². The zero-order valence-corrected chi connectivity index (χ0v) is 77.6. The minimum Gasteiger partial charge on any atom is -0.378 e. The molecule has 0 aliphatic carbocycles. The molecule has 40 nitrogen and oxygen atoms in total. The van der Waals surface area contributed by atoms with Gasteiger partial charge in [0.15, 0.2) is 46.5 Å². The Hall–Kier alpha value is -14.3. The Bertz CT molecular complexity index is 5750. The molecule has 18 heterocycles. The highest BCUT2D eigenvalue weighted by Crippen LogP contribution is 2.32. The summed E-state index contributed by atoms with van der Waals surface area (Å²) < 4.78 is 77.9. The van der Waals surface area contributed by atoms with Crippen molar-refractivity contribution in [3.05, 3.63) is 217 Å². The molecule has 0 saturated carbocycles. The quantitative estimate of drug-likeness (QED) is 0.0138. The lowest BCUT2D eigenvalue weighted by Gasteiger charge is -2.39. The van der Waals surface area contributed by atoms with Gasteiger partial charge in [-0.3, -0.25) is 19.9 Å². The third-order valence-corrected chi connectivity index (χ3v) is 24.6. The van der Waals surface area contributed by atoms with Crippen molar-refractivity contribution in [1.82, 2.24) is 90.6 Å². The average Bonchev–Trinajstić information content (AvgIpc) is 0.859. The van der Waals surface area contributed by atoms with Gasteiger partial charge in [-0.25, -0.2) is 69.2 Å². The number of morpholine rings is 4. The minimum atomic E-state index is -0.468. The molecule has 9 N–H and O–H groups in total. The van der Waals surface area contributed by atoms with E-state index in [1.807, 2.05) is 80.5 Å². The number of aromatic nitrogens is 14. The summed E-state index contributed by atoms with van der Waals surface area (Å²) in [5.41, 5.74) is 22.2. The molecular formula is C95H116F4N36O4. The summed E-state index contributed by atoms with van der Waals surface area (Å²) in [5.74, 6) is 2.06. The van der Waals surface area contributed by atoms with E-state index >= 15 is 0 Å². The fourth-order valence-electron chi connectivity index (χ4n) is 16.9. The predicted octanol–water partition coefficient (Wildman–Crippen LogP) is 9.12. The third kappa shape index (κ3) is 28.0. The van der Waals surface area contributed by atoms with Crippen molar-refractivity contribution in [3.63, 3.8) is 0 Å². The smallest absolute Gasteiger partial charge is 0.245 e. The molecule has 0 spiro atoms. The van der Waals surface area contributed by atoms with Crippen molar-refractivity contribution in [3.8, 4) is 0 Å². The molecule has 11 aromatic rings. The van der Waals surface area contributed by atoms with Crippen LogP contribution in [0.5, 0.6) is 0 Å². The van der Waals surface area contributed by atoms with Gasteiger partial charge < -0.3 is 89.6 Å². The number of halogens is 4. The van der Waals surface area contributed by atoms with Crippen LogP contribution in [0.15, 0.2) is 186 Å². The summed E-state index contributed by atoms with van der Waals surface area (Å²) >= 11 is 0. The first-order valence-corrected chi connectivity index (χ1v) is 47.2. The fraction of sp³-hybridized carbons (Fsp3) is 0.411. The van der Waals surface area contributed by atoms with Crippen LogP contribution < -0.4 is 87.5 Å². The molecule has 728 valence electrons. The Balaban J connectivity index is 0.000000128. The number of piperazine rings is 2. The number of anilines is 16. The zero-order valence-electron chi connectivity index (χ0n) is 77.6. The van der Waals surface area contributed by atoms with Crippen molar-refractivity contribution >= 4 is 117 Å². The number of ether oxygens (including phenoxy) is 4. The Morgan fingerprint density at radius 1 is 0.324 bits per heavy atom. The maximum absolute atomic E-state index is 14.2. The van der Waals surface area contributed by atoms with Crippen LogP contribution in [0.1, 0.15) is 66.6 Å². The lowest BCUT2D eigenvalue weighted by Crippen LogP contribution is -2.54. The van der Waals surface area contributed by atoms with E-state index in [9.17, 15) is 17.6 Å². The third-order valence-electron chi connectivity index (χ3n) is 24.6. The SMILES string of the molecule is CN1CCN(c2ccc(Nc3ccc(/C=N/Nc4ncc(F)c(N5CCOCC5)n4)nc3)cc2)CC1.Fc1cnc(N/N=C/c2ccc(N3CCC(C4NCCCN4)CC3)cn2)nc1N1CCOCC1.Fc1cnc(N/N=C/c2ccc(N3CCC(c4ncccn4)CC3)cn2)nc1N1CCOCC1.Fc1cnc(N/N=C/c2ccc(Nc3ccc(N4CCNCC4)cc3)cn2)nc1N1CCOCC1. The van der Waals surface area contributed by atoms with E-state index in [2.05, 4.69) is 225 Å². The van der Waals surface area contributed by atoms with Crippen LogP contribution in [-0.2, 0) is 18.9 Å². The standard InChI is InChI=1S/C25H30FN9O.C24H28FN9O.C23H32FN9O.C23H26FN9O/c1-33-8-10-34(11-9-33)22-6-4-19(5-7-22)30-21-3-2-20(27-16-21)17-29-32-25-28-18-23(26)24(31-25)35-12-14-36-15-13-35;25-22-17-28-24(31-23(22)34-11-13-35-14-12-34)32-29-16-19-1-2-20(15-27-19)30-18-3-5-21(6-4-18)33-9-7-26-8-10-33;2*24-20-16-28-23(30-22(20)33-10-12-34-13-11-33)31-29-14-18-2-3-19(15-27-18)32-8-4-17(5-9-32)21-25-6-1-7-26-21/h2-7,16-18,30H,8-15H2,1H3,(H,28,31,32);1-6,15-17,26,30H,7-14H2,(H,28,31,32);2-3,14-17,21,25-26H,1,4-13H2,(H,28,30,31);1-3,6-7,14-17H,4-5,8-13H2,(H,28,30,31)/b29-17+;29-16+;2*29-14+. The highest BCUT2D eigenvalue weighted by molar-refractivity contribution is 5.81. The maximum Gasteiger partial charge on any atom is 0.245 e. The molecule has 9 aliphatic rings. The van der Waals surface area contributed by atoms with Gasteiger partial charge in [0.05, 0.1) is 179 Å². The largest absolute Gasteiger partial charge is 0.378 e. The summed E-state index contributed by atoms with van der Waals surface area (Å²) in [4.78, 5) is 78.7. The van der Waals surface area contributed by atoms with Crippen LogP contribution in [0.25, 0.3) is 0 Å². The first-order valence-electron chi connectivity index (χ1n) is 47.2. The molecule has 9 aromatic heterocycles. The molecule has 20 rings (SSSR count). The Morgan fingerprint density at radius 3 is 0.993 bits per heavy atom. The second kappa shape index (κ2) is 49.7. The van der Waals surface area contributed by atoms with Gasteiger partial charge in [-0.2, -0.15) is 40.3 Å². The minimum absolute atomic E-state index is 0.215. The van der Waals surface area contributed by atoms with Crippen LogP contribution in [0.2, 0.25) is 0 Å². The van der Waals surface area contributed by atoms with Gasteiger partial charge in [-0.05, 0) is 161 Å². The summed E-state index contributed by atoms with van der Waals surface area (Å²) in [6.45, 7) is 23.6. The first kappa shape index (κ1) is 96.4. The Labute approximate surface area is 803 Å². The molecule has 9 fully saturated rings. The number of likely N-dealkylation sites (N-methyl/N-ethyl adjacent to an activating group) is 1. The number of rotatable bonds is 26. The lowest BCUT2D eigenvalue weighted by molar-refractivity contribution is 0.122. The van der Waals surface area contributed by atoms with Crippen molar-refractivity contribution in [1.29, 1.82) is 0 Å². The highest BCUT2D eigenvalue weighted by Gasteiger charge is 2.30. The van der Waals surface area contributed by atoms with Crippen LogP contribution >= 0.6 is 0 Å².